The molecule has 2 amide bonds. The van der Waals surface area contributed by atoms with E-state index in [1.807, 2.05) is 13.0 Å². The van der Waals surface area contributed by atoms with E-state index in [0.717, 1.165) is 38.8 Å². The SMILES string of the molecule is CCC1C(=O)N(C)c2cnc(Nc3ccc(C(=O)NC4CCC(N5CC(C)OC(C)C5)CC4)cc3OC)nc2N1C(C)C. The van der Waals surface area contributed by atoms with Crippen LogP contribution >= 0.6 is 0 Å². The van der Waals surface area contributed by atoms with Gasteiger partial charge in [0, 0.05) is 43.8 Å². The number of morpholine rings is 1. The summed E-state index contributed by atoms with van der Waals surface area (Å²) in [4.78, 5) is 41.8. The lowest BCUT2D eigenvalue weighted by Gasteiger charge is -2.42. The Morgan fingerprint density at radius 3 is 2.47 bits per heavy atom. The number of likely N-dealkylation sites (N-methyl/N-ethyl adjacent to an activating group) is 1. The van der Waals surface area contributed by atoms with Gasteiger partial charge in [-0.1, -0.05) is 6.92 Å². The molecule has 3 heterocycles. The molecule has 1 aliphatic carbocycles. The summed E-state index contributed by atoms with van der Waals surface area (Å²) in [6, 6.07) is 5.87. The predicted molar refractivity (Wildman–Crippen MR) is 169 cm³/mol. The van der Waals surface area contributed by atoms with Gasteiger partial charge in [0.05, 0.1) is 31.2 Å². The van der Waals surface area contributed by atoms with Crippen LogP contribution in [-0.2, 0) is 9.53 Å². The molecule has 3 aliphatic rings. The summed E-state index contributed by atoms with van der Waals surface area (Å²) in [5.74, 6) is 1.56. The number of fused-ring (bicyclic) bond motifs is 1. The van der Waals surface area contributed by atoms with Gasteiger partial charge in [-0.15, -0.1) is 0 Å². The molecule has 0 spiro atoms. The molecule has 3 unspecified atom stereocenters. The van der Waals surface area contributed by atoms with Crippen LogP contribution in [0, 0.1) is 0 Å². The number of anilines is 4. The first kappa shape index (κ1) is 31.0. The summed E-state index contributed by atoms with van der Waals surface area (Å²) in [5.41, 5.74) is 1.87. The van der Waals surface area contributed by atoms with E-state index in [1.165, 1.54) is 0 Å². The number of rotatable bonds is 8. The Morgan fingerprint density at radius 1 is 1.14 bits per heavy atom. The summed E-state index contributed by atoms with van der Waals surface area (Å²) in [6.45, 7) is 12.4. The number of carbonyl (C=O) groups is 2. The van der Waals surface area contributed by atoms with Crippen LogP contribution < -0.4 is 25.2 Å². The molecule has 1 saturated heterocycles. The molecule has 1 saturated carbocycles. The average Bonchev–Trinajstić information content (AvgIpc) is 2.98. The average molecular weight is 594 g/mol. The van der Waals surface area contributed by atoms with Crippen molar-refractivity contribution in [3.8, 4) is 5.75 Å². The van der Waals surface area contributed by atoms with Crippen molar-refractivity contribution in [2.75, 3.05) is 42.4 Å². The lowest BCUT2D eigenvalue weighted by Crippen LogP contribution is -2.54. The highest BCUT2D eigenvalue weighted by Gasteiger charge is 2.38. The minimum Gasteiger partial charge on any atom is -0.495 e. The molecule has 2 N–H and O–H groups in total. The largest absolute Gasteiger partial charge is 0.495 e. The number of benzene rings is 1. The number of aromatic nitrogens is 2. The molecule has 5 rings (SSSR count). The van der Waals surface area contributed by atoms with E-state index in [9.17, 15) is 9.59 Å². The number of nitrogens with one attached hydrogen (secondary N) is 2. The van der Waals surface area contributed by atoms with Gasteiger partial charge in [0.25, 0.3) is 5.91 Å². The Bertz CT molecular complexity index is 1300. The summed E-state index contributed by atoms with van der Waals surface area (Å²) in [7, 11) is 3.35. The topological polar surface area (TPSA) is 112 Å². The second kappa shape index (κ2) is 13.1. The summed E-state index contributed by atoms with van der Waals surface area (Å²) >= 11 is 0. The van der Waals surface area contributed by atoms with E-state index in [1.54, 1.807) is 37.4 Å². The second-order valence-corrected chi connectivity index (χ2v) is 12.5. The molecule has 0 bridgehead atoms. The first-order valence-electron chi connectivity index (χ1n) is 15.7. The van der Waals surface area contributed by atoms with Crippen molar-refractivity contribution in [1.82, 2.24) is 20.2 Å². The van der Waals surface area contributed by atoms with Crippen LogP contribution in [-0.4, -0.2) is 90.3 Å². The Labute approximate surface area is 255 Å². The van der Waals surface area contributed by atoms with Crippen molar-refractivity contribution in [2.24, 2.45) is 0 Å². The standard InChI is InChI=1S/C32H47N7O4/c1-8-26-31(41)37(6)27-16-33-32(36-29(27)39(26)19(2)3)35-25-14-9-22(15-28(25)42-7)30(40)34-23-10-12-24(13-11-23)38-17-20(4)43-21(5)18-38/h9,14-16,19-21,23-24,26H,8,10-13,17-18H2,1-7H3,(H,34,40)(H,33,35,36). The number of hydrogen-bond acceptors (Lipinski definition) is 9. The highest BCUT2D eigenvalue weighted by Crippen LogP contribution is 2.37. The number of hydrogen-bond donors (Lipinski definition) is 2. The fraction of sp³-hybridized carbons (Fsp3) is 0.625. The number of ether oxygens (including phenoxy) is 2. The van der Waals surface area contributed by atoms with Gasteiger partial charge in [0.15, 0.2) is 5.82 Å². The van der Waals surface area contributed by atoms with E-state index in [4.69, 9.17) is 14.5 Å². The minimum atomic E-state index is -0.283. The number of nitrogens with zero attached hydrogens (tertiary/aromatic N) is 5. The first-order chi connectivity index (χ1) is 20.6. The molecule has 3 atom stereocenters. The van der Waals surface area contributed by atoms with E-state index in [-0.39, 0.29) is 42.1 Å². The van der Waals surface area contributed by atoms with Crippen LogP contribution in [0.15, 0.2) is 24.4 Å². The molecule has 1 aromatic carbocycles. The van der Waals surface area contributed by atoms with Gasteiger partial charge < -0.3 is 29.9 Å². The molecule has 11 nitrogen and oxygen atoms in total. The maximum absolute atomic E-state index is 13.2. The summed E-state index contributed by atoms with van der Waals surface area (Å²) in [5, 5.41) is 6.50. The van der Waals surface area contributed by atoms with Crippen molar-refractivity contribution >= 4 is 35.0 Å². The second-order valence-electron chi connectivity index (χ2n) is 12.5. The van der Waals surface area contributed by atoms with Crippen molar-refractivity contribution in [3.63, 3.8) is 0 Å². The zero-order valence-corrected chi connectivity index (χ0v) is 26.6. The van der Waals surface area contributed by atoms with Crippen LogP contribution in [0.4, 0.5) is 23.1 Å². The molecular weight excluding hydrogens is 546 g/mol. The van der Waals surface area contributed by atoms with Gasteiger partial charge >= 0.3 is 0 Å². The van der Waals surface area contributed by atoms with E-state index < -0.39 is 0 Å². The summed E-state index contributed by atoms with van der Waals surface area (Å²) in [6.07, 6.45) is 6.98. The first-order valence-corrected chi connectivity index (χ1v) is 15.7. The molecule has 2 aromatic rings. The summed E-state index contributed by atoms with van der Waals surface area (Å²) < 4.78 is 11.6. The Hall–Kier alpha value is -3.44. The van der Waals surface area contributed by atoms with Gasteiger partial charge in [-0.2, -0.15) is 4.98 Å². The third-order valence-electron chi connectivity index (χ3n) is 8.96. The third kappa shape index (κ3) is 6.57. The monoisotopic (exact) mass is 593 g/mol. The lowest BCUT2D eigenvalue weighted by molar-refractivity contribution is -0.120. The van der Waals surface area contributed by atoms with Crippen molar-refractivity contribution < 1.29 is 19.1 Å². The number of amides is 2. The molecule has 2 aliphatic heterocycles. The Balaban J connectivity index is 1.24. The van der Waals surface area contributed by atoms with Crippen LogP contribution in [0.5, 0.6) is 5.75 Å². The van der Waals surface area contributed by atoms with E-state index >= 15 is 0 Å². The fourth-order valence-electron chi connectivity index (χ4n) is 6.86. The molecular formula is C32H47N7O4. The van der Waals surface area contributed by atoms with Crippen molar-refractivity contribution in [1.29, 1.82) is 0 Å². The molecule has 1 aromatic heterocycles. The van der Waals surface area contributed by atoms with Gasteiger partial charge in [0.2, 0.25) is 11.9 Å². The predicted octanol–water partition coefficient (Wildman–Crippen LogP) is 4.35. The van der Waals surface area contributed by atoms with Crippen LogP contribution in [0.25, 0.3) is 0 Å². The zero-order valence-electron chi connectivity index (χ0n) is 26.6. The van der Waals surface area contributed by atoms with Crippen LogP contribution in [0.2, 0.25) is 0 Å². The normalized spacial score (nSPS) is 26.3. The lowest BCUT2D eigenvalue weighted by atomic mass is 9.89. The van der Waals surface area contributed by atoms with Crippen molar-refractivity contribution in [3.05, 3.63) is 30.0 Å². The van der Waals surface area contributed by atoms with Gasteiger partial charge in [-0.3, -0.25) is 14.5 Å². The Kier molecular flexibility index (Phi) is 9.41. The van der Waals surface area contributed by atoms with E-state index in [2.05, 4.69) is 53.1 Å². The molecule has 2 fully saturated rings. The van der Waals surface area contributed by atoms with E-state index in [0.29, 0.717) is 46.9 Å². The highest BCUT2D eigenvalue weighted by molar-refractivity contribution is 6.04. The molecule has 43 heavy (non-hydrogen) atoms. The third-order valence-corrected chi connectivity index (χ3v) is 8.96. The maximum atomic E-state index is 13.2. The molecule has 234 valence electrons. The number of carbonyl (C=O) groups excluding carboxylic acids is 2. The minimum absolute atomic E-state index is 0.0398. The molecule has 0 radical (unpaired) electrons. The van der Waals surface area contributed by atoms with Gasteiger partial charge in [-0.05, 0) is 78.0 Å². The van der Waals surface area contributed by atoms with Gasteiger partial charge in [0.1, 0.15) is 17.5 Å². The fourth-order valence-corrected chi connectivity index (χ4v) is 6.86. The maximum Gasteiger partial charge on any atom is 0.251 e. The van der Waals surface area contributed by atoms with Crippen LogP contribution in [0.3, 0.4) is 0 Å². The molecule has 11 heteroatoms. The number of methoxy groups -OCH3 is 1. The smallest absolute Gasteiger partial charge is 0.251 e. The van der Waals surface area contributed by atoms with Gasteiger partial charge in [-0.25, -0.2) is 4.98 Å². The highest BCUT2D eigenvalue weighted by atomic mass is 16.5. The van der Waals surface area contributed by atoms with Crippen LogP contribution in [0.1, 0.15) is 77.1 Å². The zero-order chi connectivity index (χ0) is 30.8. The quantitative estimate of drug-likeness (QED) is 0.461. The van der Waals surface area contributed by atoms with Crippen molar-refractivity contribution in [2.45, 2.75) is 103 Å². The Morgan fingerprint density at radius 2 is 1.84 bits per heavy atom.